The van der Waals surface area contributed by atoms with Gasteiger partial charge in [-0.1, -0.05) is 23.6 Å². The van der Waals surface area contributed by atoms with Crippen LogP contribution in [0.4, 0.5) is 0 Å². The number of terminal acetylenes is 1. The van der Waals surface area contributed by atoms with Gasteiger partial charge in [-0.2, -0.15) is 8.42 Å². The average molecular weight is 347 g/mol. The standard InChI is InChI=1S/C18H21NO4S/c1-4-11-19(3)16(13-17-6-5-12-22-17)14-23-24(20,21)18-9-7-15(2)8-10-18/h1,5-10,12,16H,11,13-14H2,2-3H3. The molecule has 0 radical (unpaired) electrons. The highest BCUT2D eigenvalue weighted by Crippen LogP contribution is 2.16. The zero-order valence-electron chi connectivity index (χ0n) is 13.8. The number of hydrogen-bond acceptors (Lipinski definition) is 5. The lowest BCUT2D eigenvalue weighted by molar-refractivity contribution is 0.172. The first kappa shape index (κ1) is 18.3. The fraction of sp³-hybridized carbons (Fsp3) is 0.333. The van der Waals surface area contributed by atoms with Crippen molar-refractivity contribution in [1.29, 1.82) is 0 Å². The first-order valence-corrected chi connectivity index (χ1v) is 8.95. The molecule has 0 saturated heterocycles. The van der Waals surface area contributed by atoms with Crippen LogP contribution in [-0.4, -0.2) is 39.6 Å². The highest BCUT2D eigenvalue weighted by atomic mass is 32.2. The lowest BCUT2D eigenvalue weighted by Crippen LogP contribution is -2.38. The van der Waals surface area contributed by atoms with Crippen molar-refractivity contribution in [2.45, 2.75) is 24.3 Å². The van der Waals surface area contributed by atoms with E-state index in [0.29, 0.717) is 13.0 Å². The minimum absolute atomic E-state index is 0.00487. The Kier molecular flexibility index (Phi) is 6.21. The summed E-state index contributed by atoms with van der Waals surface area (Å²) in [4.78, 5) is 2.01. The molecule has 0 bridgehead atoms. The number of aryl methyl sites for hydroxylation is 1. The average Bonchev–Trinajstić information content (AvgIpc) is 3.05. The van der Waals surface area contributed by atoms with Crippen LogP contribution >= 0.6 is 0 Å². The quantitative estimate of drug-likeness (QED) is 0.542. The van der Waals surface area contributed by atoms with Crippen molar-refractivity contribution in [1.82, 2.24) is 4.90 Å². The van der Waals surface area contributed by atoms with E-state index >= 15 is 0 Å². The van der Waals surface area contributed by atoms with Crippen molar-refractivity contribution < 1.29 is 17.0 Å². The zero-order chi connectivity index (χ0) is 17.6. The van der Waals surface area contributed by atoms with Crippen LogP contribution in [0.25, 0.3) is 0 Å². The molecule has 2 aromatic rings. The summed E-state index contributed by atoms with van der Waals surface area (Å²) in [5.41, 5.74) is 0.985. The zero-order valence-corrected chi connectivity index (χ0v) is 14.6. The Hall–Kier alpha value is -2.07. The van der Waals surface area contributed by atoms with Crippen LogP contribution < -0.4 is 0 Å². The molecule has 0 aliphatic carbocycles. The summed E-state index contributed by atoms with van der Waals surface area (Å²) in [5, 5.41) is 0. The van der Waals surface area contributed by atoms with E-state index in [4.69, 9.17) is 15.0 Å². The molecule has 1 heterocycles. The molecule has 128 valence electrons. The molecule has 0 fully saturated rings. The Balaban J connectivity index is 2.08. The summed E-state index contributed by atoms with van der Waals surface area (Å²) >= 11 is 0. The fourth-order valence-electron chi connectivity index (χ4n) is 2.22. The van der Waals surface area contributed by atoms with E-state index in [-0.39, 0.29) is 17.5 Å². The molecule has 0 saturated carbocycles. The summed E-state index contributed by atoms with van der Waals surface area (Å²) in [6.07, 6.45) is 7.44. The lowest BCUT2D eigenvalue weighted by Gasteiger charge is -2.25. The summed E-state index contributed by atoms with van der Waals surface area (Å²) < 4.78 is 35.2. The predicted molar refractivity (Wildman–Crippen MR) is 92.0 cm³/mol. The molecular formula is C18H21NO4S. The molecule has 1 aromatic heterocycles. The van der Waals surface area contributed by atoms with Gasteiger partial charge in [-0.15, -0.1) is 6.42 Å². The number of benzene rings is 1. The number of nitrogens with zero attached hydrogens (tertiary/aromatic N) is 1. The molecule has 0 aliphatic heterocycles. The van der Waals surface area contributed by atoms with Gasteiger partial charge < -0.3 is 4.42 Å². The van der Waals surface area contributed by atoms with Crippen LogP contribution in [0.2, 0.25) is 0 Å². The number of rotatable bonds is 8. The van der Waals surface area contributed by atoms with E-state index in [9.17, 15) is 8.42 Å². The molecule has 0 spiro atoms. The second kappa shape index (κ2) is 8.15. The van der Waals surface area contributed by atoms with Gasteiger partial charge in [0.25, 0.3) is 10.1 Å². The lowest BCUT2D eigenvalue weighted by atomic mass is 10.1. The van der Waals surface area contributed by atoms with Crippen molar-refractivity contribution in [3.8, 4) is 12.3 Å². The van der Waals surface area contributed by atoms with Crippen molar-refractivity contribution in [2.75, 3.05) is 20.2 Å². The van der Waals surface area contributed by atoms with E-state index < -0.39 is 10.1 Å². The van der Waals surface area contributed by atoms with Crippen LogP contribution in [-0.2, 0) is 20.7 Å². The number of likely N-dealkylation sites (N-methyl/N-ethyl adjacent to an activating group) is 1. The SMILES string of the molecule is C#CCN(C)C(COS(=O)(=O)c1ccc(C)cc1)Cc1ccco1. The minimum atomic E-state index is -3.81. The van der Waals surface area contributed by atoms with Crippen molar-refractivity contribution in [3.63, 3.8) is 0 Å². The van der Waals surface area contributed by atoms with Crippen LogP contribution in [0, 0.1) is 19.3 Å². The highest BCUT2D eigenvalue weighted by molar-refractivity contribution is 7.86. The normalized spacial score (nSPS) is 12.9. The molecule has 0 aliphatic rings. The fourth-order valence-corrected chi connectivity index (χ4v) is 3.16. The Morgan fingerprint density at radius 3 is 2.58 bits per heavy atom. The summed E-state index contributed by atoms with van der Waals surface area (Å²) in [6, 6.07) is 9.96. The maximum atomic E-state index is 12.3. The largest absolute Gasteiger partial charge is 0.469 e. The maximum absolute atomic E-state index is 12.3. The number of furan rings is 1. The molecule has 0 amide bonds. The summed E-state index contributed by atoms with van der Waals surface area (Å²) in [6.45, 7) is 2.28. The Labute approximate surface area is 143 Å². The smallest absolute Gasteiger partial charge is 0.297 e. The summed E-state index contributed by atoms with van der Waals surface area (Å²) in [7, 11) is -1.98. The first-order chi connectivity index (χ1) is 11.4. The third-order valence-corrected chi connectivity index (χ3v) is 5.00. The van der Waals surface area contributed by atoms with Gasteiger partial charge in [0.2, 0.25) is 0 Å². The van der Waals surface area contributed by atoms with E-state index in [1.165, 1.54) is 12.1 Å². The summed E-state index contributed by atoms with van der Waals surface area (Å²) in [5.74, 6) is 3.30. The predicted octanol–water partition coefficient (Wildman–Crippen LogP) is 2.47. The minimum Gasteiger partial charge on any atom is -0.469 e. The Morgan fingerprint density at radius 1 is 1.29 bits per heavy atom. The van der Waals surface area contributed by atoms with Crippen molar-refractivity contribution >= 4 is 10.1 Å². The Bertz CT molecular complexity index is 773. The molecule has 6 heteroatoms. The second-order valence-corrected chi connectivity index (χ2v) is 7.22. The van der Waals surface area contributed by atoms with Crippen molar-refractivity contribution in [3.05, 3.63) is 54.0 Å². The highest BCUT2D eigenvalue weighted by Gasteiger charge is 2.22. The van der Waals surface area contributed by atoms with Gasteiger partial charge in [0.1, 0.15) is 5.76 Å². The molecule has 5 nitrogen and oxygen atoms in total. The number of hydrogen-bond donors (Lipinski definition) is 0. The van der Waals surface area contributed by atoms with Gasteiger partial charge in [-0.3, -0.25) is 9.08 Å². The molecule has 0 N–H and O–H groups in total. The van der Waals surface area contributed by atoms with Gasteiger partial charge in [0.05, 0.1) is 24.3 Å². The van der Waals surface area contributed by atoms with Gasteiger partial charge >= 0.3 is 0 Å². The van der Waals surface area contributed by atoms with Crippen LogP contribution in [0.1, 0.15) is 11.3 Å². The molecule has 1 unspecified atom stereocenters. The molecular weight excluding hydrogens is 326 g/mol. The van der Waals surface area contributed by atoms with E-state index in [1.54, 1.807) is 24.5 Å². The van der Waals surface area contributed by atoms with Crippen LogP contribution in [0.5, 0.6) is 0 Å². The molecule has 1 aromatic carbocycles. The third-order valence-electron chi connectivity index (χ3n) is 3.71. The molecule has 24 heavy (non-hydrogen) atoms. The van der Waals surface area contributed by atoms with Crippen LogP contribution in [0.15, 0.2) is 52.0 Å². The van der Waals surface area contributed by atoms with Crippen molar-refractivity contribution in [2.24, 2.45) is 0 Å². The van der Waals surface area contributed by atoms with E-state index in [1.807, 2.05) is 24.9 Å². The second-order valence-electron chi connectivity index (χ2n) is 5.61. The topological polar surface area (TPSA) is 59.8 Å². The van der Waals surface area contributed by atoms with Gasteiger partial charge in [0, 0.05) is 12.5 Å². The third kappa shape index (κ3) is 4.96. The van der Waals surface area contributed by atoms with Gasteiger partial charge in [-0.25, -0.2) is 0 Å². The first-order valence-electron chi connectivity index (χ1n) is 7.54. The van der Waals surface area contributed by atoms with E-state index in [2.05, 4.69) is 5.92 Å². The monoisotopic (exact) mass is 347 g/mol. The van der Waals surface area contributed by atoms with Gasteiger partial charge in [-0.05, 0) is 38.2 Å². The molecule has 2 rings (SSSR count). The maximum Gasteiger partial charge on any atom is 0.297 e. The van der Waals surface area contributed by atoms with Crippen LogP contribution in [0.3, 0.4) is 0 Å². The van der Waals surface area contributed by atoms with E-state index in [0.717, 1.165) is 11.3 Å². The van der Waals surface area contributed by atoms with Gasteiger partial charge in [0.15, 0.2) is 0 Å². The Morgan fingerprint density at radius 2 is 2.00 bits per heavy atom. The molecule has 1 atom stereocenters.